The quantitative estimate of drug-likeness (QED) is 0.116. The van der Waals surface area contributed by atoms with Crippen LogP contribution in [0.3, 0.4) is 0 Å². The molecular weight excluding hydrogens is 837 g/mol. The van der Waals surface area contributed by atoms with E-state index >= 15 is 0 Å². The van der Waals surface area contributed by atoms with E-state index in [0.717, 1.165) is 65.1 Å². The molecule has 4 aromatic rings. The van der Waals surface area contributed by atoms with Gasteiger partial charge in [-0.3, -0.25) is 14.5 Å². The number of aliphatic hydroxyl groups is 1. The molecule has 4 aliphatic rings. The zero-order valence-electron chi connectivity index (χ0n) is 37.9. The number of aromatic amines is 2. The zero-order chi connectivity index (χ0) is 46.2. The molecule has 66 heavy (non-hydrogen) atoms. The number of allylic oxidation sites excluding steroid dienone is 3. The summed E-state index contributed by atoms with van der Waals surface area (Å²) in [6.45, 7) is 8.09. The number of carbonyl (C=O) groups is 4. The number of aliphatic hydroxyl groups excluding tert-OH is 1. The second-order valence-corrected chi connectivity index (χ2v) is 17.7. The van der Waals surface area contributed by atoms with Crippen molar-refractivity contribution in [1.29, 1.82) is 0 Å². The molecule has 0 radical (unpaired) electrons. The maximum absolute atomic E-state index is 14.4. The molecule has 16 nitrogen and oxygen atoms in total. The van der Waals surface area contributed by atoms with Crippen LogP contribution >= 0.6 is 0 Å². The van der Waals surface area contributed by atoms with E-state index in [4.69, 9.17) is 9.72 Å². The number of urea groups is 1. The summed E-state index contributed by atoms with van der Waals surface area (Å²) in [5, 5.41) is 15.1. The first-order chi connectivity index (χ1) is 32.1. The van der Waals surface area contributed by atoms with E-state index in [1.165, 1.54) is 7.11 Å². The van der Waals surface area contributed by atoms with Gasteiger partial charge in [0.2, 0.25) is 11.8 Å². The summed E-state index contributed by atoms with van der Waals surface area (Å²) in [7, 11) is 1.29. The molecule has 0 bridgehead atoms. The highest BCUT2D eigenvalue weighted by atomic mass is 16.5. The molecule has 5 atom stereocenters. The summed E-state index contributed by atoms with van der Waals surface area (Å²) in [5.74, 6) is 7.45. The number of imidazole rings is 2. The molecule has 346 valence electrons. The number of H-pyrrole nitrogens is 2. The molecule has 1 unspecified atom stereocenters. The summed E-state index contributed by atoms with van der Waals surface area (Å²) in [6, 6.07) is 13.8. The standard InChI is InChI=1S/C50H60N10O6/c1-33(2)43(56-50(65)66-3)47(62)59-23-7-11-41(59)45-51-31-39(53-45)36-19-15-34(16-20-36)13-14-35-17-21-37(22-18-35)40-32-52-46(54-40)42-12-8-24-60(42)48(63)44(38-9-5-4-6-10-38)55-49(64)58-27-25-57(26-28-58)29-30-61/h4-6,9,15-22,31-33,38,41-44,61H,7-8,10-12,23-30H2,1-3H3,(H,51,53)(H,52,54)(H,55,64)(H,56,65)/t38?,41-,42-,43-,44-/m0/s1. The van der Waals surface area contributed by atoms with Crippen LogP contribution in [-0.2, 0) is 14.3 Å². The average molecular weight is 897 g/mol. The third-order valence-corrected chi connectivity index (χ3v) is 13.1. The lowest BCUT2D eigenvalue weighted by atomic mass is 9.91. The number of piperazine rings is 1. The minimum atomic E-state index is -0.711. The second-order valence-electron chi connectivity index (χ2n) is 17.7. The highest BCUT2D eigenvalue weighted by Crippen LogP contribution is 2.35. The molecule has 0 saturated carbocycles. The van der Waals surface area contributed by atoms with Crippen LogP contribution in [0.15, 0.2) is 85.2 Å². The van der Waals surface area contributed by atoms with Crippen molar-refractivity contribution in [3.63, 3.8) is 0 Å². The lowest BCUT2D eigenvalue weighted by molar-refractivity contribution is -0.136. The van der Waals surface area contributed by atoms with Gasteiger partial charge in [-0.25, -0.2) is 19.6 Å². The van der Waals surface area contributed by atoms with Crippen LogP contribution in [-0.4, -0.2) is 140 Å². The smallest absolute Gasteiger partial charge is 0.407 e. The second kappa shape index (κ2) is 21.1. The molecule has 1 aliphatic carbocycles. The largest absolute Gasteiger partial charge is 0.453 e. The predicted molar refractivity (Wildman–Crippen MR) is 249 cm³/mol. The van der Waals surface area contributed by atoms with Crippen molar-refractivity contribution in [2.24, 2.45) is 11.8 Å². The van der Waals surface area contributed by atoms with Gasteiger partial charge in [0.25, 0.3) is 0 Å². The van der Waals surface area contributed by atoms with E-state index in [2.05, 4.69) is 42.3 Å². The molecule has 2 aromatic carbocycles. The van der Waals surface area contributed by atoms with Gasteiger partial charge in [0.1, 0.15) is 23.7 Å². The number of rotatable bonds is 12. The van der Waals surface area contributed by atoms with E-state index < -0.39 is 18.2 Å². The fourth-order valence-electron chi connectivity index (χ4n) is 9.34. The number of hydrogen-bond acceptors (Lipinski definition) is 9. The highest BCUT2D eigenvalue weighted by Gasteiger charge is 2.40. The number of hydrogen-bond donors (Lipinski definition) is 5. The normalized spacial score (nSPS) is 20.5. The van der Waals surface area contributed by atoms with Gasteiger partial charge in [0, 0.05) is 62.9 Å². The fourth-order valence-corrected chi connectivity index (χ4v) is 9.34. The number of β-amino-alcohol motifs (C(OH)–C–C–N with tert-alkyl or cyclic N) is 1. The van der Waals surface area contributed by atoms with Crippen molar-refractivity contribution in [3.8, 4) is 34.4 Å². The monoisotopic (exact) mass is 896 g/mol. The lowest BCUT2D eigenvalue weighted by Crippen LogP contribution is -2.58. The Balaban J connectivity index is 0.882. The maximum Gasteiger partial charge on any atom is 0.407 e. The van der Waals surface area contributed by atoms with E-state index in [1.807, 2.05) is 97.8 Å². The van der Waals surface area contributed by atoms with E-state index in [0.29, 0.717) is 58.1 Å². The molecular formula is C50H60N10O6. The van der Waals surface area contributed by atoms with Crippen LogP contribution in [0.2, 0.25) is 0 Å². The van der Waals surface area contributed by atoms with Crippen LogP contribution < -0.4 is 10.6 Å². The molecule has 16 heteroatoms. The molecule has 5 N–H and O–H groups in total. The van der Waals surface area contributed by atoms with Crippen LogP contribution in [0.5, 0.6) is 0 Å². The van der Waals surface area contributed by atoms with Crippen LogP contribution in [0.4, 0.5) is 9.59 Å². The first-order valence-electron chi connectivity index (χ1n) is 23.1. The molecule has 3 fully saturated rings. The van der Waals surface area contributed by atoms with Crippen molar-refractivity contribution in [2.45, 2.75) is 70.1 Å². The first-order valence-corrected chi connectivity index (χ1v) is 23.1. The Morgan fingerprint density at radius 3 is 1.83 bits per heavy atom. The van der Waals surface area contributed by atoms with Crippen molar-refractivity contribution >= 4 is 23.9 Å². The van der Waals surface area contributed by atoms with Gasteiger partial charge in [-0.15, -0.1) is 0 Å². The summed E-state index contributed by atoms with van der Waals surface area (Å²) in [4.78, 5) is 77.4. The zero-order valence-corrected chi connectivity index (χ0v) is 37.9. The Morgan fingerprint density at radius 2 is 1.33 bits per heavy atom. The van der Waals surface area contributed by atoms with E-state index in [9.17, 15) is 24.3 Å². The number of aromatic nitrogens is 4. The fraction of sp³-hybridized carbons (Fsp3) is 0.440. The first kappa shape index (κ1) is 45.9. The van der Waals surface area contributed by atoms with E-state index in [1.54, 1.807) is 16.0 Å². The number of nitrogens with one attached hydrogen (secondary N) is 4. The van der Waals surface area contributed by atoms with Crippen molar-refractivity contribution in [1.82, 2.24) is 50.2 Å². The Morgan fingerprint density at radius 1 is 0.773 bits per heavy atom. The SMILES string of the molecule is COC(=O)N[C@H](C(=O)N1CCC[C@H]1c1ncc(-c2ccc(C#Cc3ccc(-c4cnc([C@@H]5CCCN5C(=O)[C@@H](NC(=O)N5CCN(CCO)CC5)C5C=CC=CC5)[nH]4)cc3)cc2)[nH]1)C(C)C. The van der Waals surface area contributed by atoms with Gasteiger partial charge in [0.15, 0.2) is 0 Å². The van der Waals surface area contributed by atoms with Gasteiger partial charge < -0.3 is 45.1 Å². The average Bonchev–Trinajstić information content (AvgIpc) is 4.20. The minimum absolute atomic E-state index is 0.0884. The topological polar surface area (TPSA) is 192 Å². The highest BCUT2D eigenvalue weighted by molar-refractivity contribution is 5.88. The van der Waals surface area contributed by atoms with Crippen molar-refractivity contribution in [2.75, 3.05) is 59.5 Å². The summed E-state index contributed by atoms with van der Waals surface area (Å²) in [5.41, 5.74) is 5.29. The Labute approximate surface area is 385 Å². The van der Waals surface area contributed by atoms with Gasteiger partial charge in [-0.1, -0.05) is 74.3 Å². The number of methoxy groups -OCH3 is 1. The Hall–Kier alpha value is -6.70. The van der Waals surface area contributed by atoms with Gasteiger partial charge in [-0.05, 0) is 73.4 Å². The summed E-state index contributed by atoms with van der Waals surface area (Å²) >= 11 is 0. The third-order valence-electron chi connectivity index (χ3n) is 13.1. The predicted octanol–water partition coefficient (Wildman–Crippen LogP) is 5.39. The summed E-state index contributed by atoms with van der Waals surface area (Å²) in [6.07, 6.45) is 14.8. The third kappa shape index (κ3) is 10.5. The molecule has 5 amide bonds. The lowest BCUT2D eigenvalue weighted by Gasteiger charge is -2.37. The molecule has 3 saturated heterocycles. The maximum atomic E-state index is 14.4. The van der Waals surface area contributed by atoms with Crippen molar-refractivity contribution < 1.29 is 29.0 Å². The van der Waals surface area contributed by atoms with Crippen LogP contribution in [0.25, 0.3) is 22.5 Å². The molecule has 0 spiro atoms. The molecule has 5 heterocycles. The van der Waals surface area contributed by atoms with Crippen molar-refractivity contribution in [3.05, 3.63) is 108 Å². The van der Waals surface area contributed by atoms with Crippen LogP contribution in [0, 0.1) is 23.7 Å². The van der Waals surface area contributed by atoms with Crippen LogP contribution in [0.1, 0.15) is 80.8 Å². The molecule has 3 aliphatic heterocycles. The number of nitrogens with zero attached hydrogens (tertiary/aromatic N) is 6. The Bertz CT molecular complexity index is 2460. The number of carbonyl (C=O) groups excluding carboxylic acids is 4. The molecule has 2 aromatic heterocycles. The van der Waals surface area contributed by atoms with Gasteiger partial charge >= 0.3 is 12.1 Å². The minimum Gasteiger partial charge on any atom is -0.453 e. The summed E-state index contributed by atoms with van der Waals surface area (Å²) < 4.78 is 4.76. The number of amides is 5. The number of ether oxygens (including phenoxy) is 1. The van der Waals surface area contributed by atoms with E-state index in [-0.39, 0.29) is 48.4 Å². The van der Waals surface area contributed by atoms with Gasteiger partial charge in [-0.2, -0.15) is 0 Å². The number of benzene rings is 2. The van der Waals surface area contributed by atoms with Gasteiger partial charge in [0.05, 0.1) is 49.6 Å². The Kier molecular flexibility index (Phi) is 14.6. The number of likely N-dealkylation sites (tertiary alicyclic amines) is 2. The number of alkyl carbamates (subject to hydrolysis) is 1. The molecule has 8 rings (SSSR count).